The molecular weight excluding hydrogens is 560 g/mol. The van der Waals surface area contributed by atoms with Crippen molar-refractivity contribution in [3.8, 4) is 11.5 Å². The van der Waals surface area contributed by atoms with Gasteiger partial charge in [0.05, 0.1) is 12.2 Å². The maximum Gasteiger partial charge on any atom is 0.335 e. The van der Waals surface area contributed by atoms with Crippen LogP contribution in [0.4, 0.5) is 0 Å². The van der Waals surface area contributed by atoms with Gasteiger partial charge in [0.15, 0.2) is 17.8 Å². The lowest BCUT2D eigenvalue weighted by Gasteiger charge is -2.23. The highest BCUT2D eigenvalue weighted by Gasteiger charge is 2.19. The van der Waals surface area contributed by atoms with E-state index in [1.165, 1.54) is 42.7 Å². The van der Waals surface area contributed by atoms with E-state index in [4.69, 9.17) is 18.9 Å². The van der Waals surface area contributed by atoms with Crippen molar-refractivity contribution in [2.75, 3.05) is 13.2 Å². The summed E-state index contributed by atoms with van der Waals surface area (Å²) in [4.78, 5) is 35.0. The zero-order chi connectivity index (χ0) is 32.5. The van der Waals surface area contributed by atoms with E-state index in [1.807, 2.05) is 13.0 Å². The van der Waals surface area contributed by atoms with E-state index in [9.17, 15) is 19.5 Å². The molecule has 1 aliphatic rings. The Bertz CT molecular complexity index is 1240. The number of carboxylic acid groups (broad SMARTS) is 1. The van der Waals surface area contributed by atoms with Crippen molar-refractivity contribution >= 4 is 17.9 Å². The number of ether oxygens (including phenoxy) is 4. The third-order valence-electron chi connectivity index (χ3n) is 7.16. The highest BCUT2D eigenvalue weighted by atomic mass is 16.7. The van der Waals surface area contributed by atoms with Gasteiger partial charge < -0.3 is 24.1 Å². The van der Waals surface area contributed by atoms with Crippen LogP contribution in [0.2, 0.25) is 0 Å². The average Bonchev–Trinajstić information content (AvgIpc) is 2.95. The first-order valence-corrected chi connectivity index (χ1v) is 15.6. The minimum absolute atomic E-state index is 0.0557. The Morgan fingerprint density at radius 2 is 1.50 bits per heavy atom. The molecule has 0 saturated carbocycles. The lowest BCUT2D eigenvalue weighted by atomic mass is 10.0. The molecule has 1 aromatic rings. The van der Waals surface area contributed by atoms with Gasteiger partial charge in [-0.05, 0) is 110 Å². The van der Waals surface area contributed by atoms with E-state index in [-0.39, 0.29) is 23.4 Å². The molecule has 0 radical (unpaired) electrons. The van der Waals surface area contributed by atoms with Crippen molar-refractivity contribution in [1.29, 1.82) is 0 Å². The summed E-state index contributed by atoms with van der Waals surface area (Å²) < 4.78 is 22.3. The maximum atomic E-state index is 11.7. The fourth-order valence-corrected chi connectivity index (χ4v) is 4.79. The molecule has 0 spiro atoms. The number of hydrogen-bond acceptors (Lipinski definition) is 7. The SMILES string of the molecule is CC(=O)Oc1cc(C(=O)O)cc(C/C=C(\C)CC/C=C(\C)CC/C=C(\CCC=C(C)C)COC2CCCCO2)c1OC(C)=O. The molecule has 0 aromatic heterocycles. The molecule has 0 bridgehead atoms. The highest BCUT2D eigenvalue weighted by Crippen LogP contribution is 2.34. The fraction of sp³-hybridized carbons (Fsp3) is 0.528. The number of allylic oxidation sites excluding steroid dienone is 7. The van der Waals surface area contributed by atoms with Crippen LogP contribution in [-0.2, 0) is 25.5 Å². The van der Waals surface area contributed by atoms with Gasteiger partial charge in [-0.15, -0.1) is 0 Å². The number of rotatable bonds is 17. The van der Waals surface area contributed by atoms with E-state index in [1.54, 1.807) is 0 Å². The summed E-state index contributed by atoms with van der Waals surface area (Å²) in [5.74, 6) is -2.43. The van der Waals surface area contributed by atoms with Crippen molar-refractivity contribution in [2.24, 2.45) is 0 Å². The molecule has 1 aliphatic heterocycles. The topological polar surface area (TPSA) is 108 Å². The molecule has 8 nitrogen and oxygen atoms in total. The molecule has 1 saturated heterocycles. The van der Waals surface area contributed by atoms with Crippen LogP contribution in [0.1, 0.15) is 115 Å². The zero-order valence-electron chi connectivity index (χ0n) is 27.3. The van der Waals surface area contributed by atoms with Crippen LogP contribution >= 0.6 is 0 Å². The first-order chi connectivity index (χ1) is 20.9. The van der Waals surface area contributed by atoms with Gasteiger partial charge in [-0.25, -0.2) is 4.79 Å². The lowest BCUT2D eigenvalue weighted by molar-refractivity contribution is -0.157. The van der Waals surface area contributed by atoms with Crippen molar-refractivity contribution in [2.45, 2.75) is 112 Å². The Kier molecular flexibility index (Phi) is 16.4. The Labute approximate surface area is 262 Å². The van der Waals surface area contributed by atoms with Gasteiger partial charge in [0.25, 0.3) is 0 Å². The summed E-state index contributed by atoms with van der Waals surface area (Å²) in [5, 5.41) is 9.53. The van der Waals surface area contributed by atoms with Crippen LogP contribution in [0.15, 0.2) is 58.7 Å². The lowest BCUT2D eigenvalue weighted by Crippen LogP contribution is -2.23. The van der Waals surface area contributed by atoms with Crippen LogP contribution in [0.25, 0.3) is 0 Å². The third-order valence-corrected chi connectivity index (χ3v) is 7.16. The van der Waals surface area contributed by atoms with Crippen molar-refractivity contribution in [3.05, 3.63) is 69.9 Å². The van der Waals surface area contributed by atoms with E-state index in [0.29, 0.717) is 18.6 Å². The summed E-state index contributed by atoms with van der Waals surface area (Å²) in [6, 6.07) is 2.63. The normalized spacial score (nSPS) is 16.0. The predicted molar refractivity (Wildman–Crippen MR) is 172 cm³/mol. The number of benzene rings is 1. The predicted octanol–water partition coefficient (Wildman–Crippen LogP) is 8.45. The molecule has 2 rings (SSSR count). The fourth-order valence-electron chi connectivity index (χ4n) is 4.79. The van der Waals surface area contributed by atoms with Crippen molar-refractivity contribution < 1.29 is 38.4 Å². The number of esters is 2. The number of carboxylic acids is 1. The van der Waals surface area contributed by atoms with Gasteiger partial charge in [-0.2, -0.15) is 0 Å². The summed E-state index contributed by atoms with van der Waals surface area (Å²) >= 11 is 0. The zero-order valence-corrected chi connectivity index (χ0v) is 27.3. The highest BCUT2D eigenvalue weighted by molar-refractivity contribution is 5.90. The summed E-state index contributed by atoms with van der Waals surface area (Å²) in [5.41, 5.74) is 5.48. The van der Waals surface area contributed by atoms with Crippen LogP contribution in [-0.4, -0.2) is 42.5 Å². The van der Waals surface area contributed by atoms with Gasteiger partial charge in [-0.1, -0.05) is 41.0 Å². The number of carbonyl (C=O) groups is 3. The molecule has 1 fully saturated rings. The Morgan fingerprint density at radius 1 is 0.841 bits per heavy atom. The van der Waals surface area contributed by atoms with Gasteiger partial charge in [0.1, 0.15) is 0 Å². The molecule has 0 aliphatic carbocycles. The minimum Gasteiger partial charge on any atom is -0.478 e. The Balaban J connectivity index is 1.98. The van der Waals surface area contributed by atoms with E-state index < -0.39 is 17.9 Å². The summed E-state index contributed by atoms with van der Waals surface area (Å²) in [6.45, 7) is 12.3. The minimum atomic E-state index is -1.17. The van der Waals surface area contributed by atoms with Crippen molar-refractivity contribution in [1.82, 2.24) is 0 Å². The first-order valence-electron chi connectivity index (χ1n) is 15.6. The second-order valence-electron chi connectivity index (χ2n) is 11.6. The second-order valence-corrected chi connectivity index (χ2v) is 11.6. The monoisotopic (exact) mass is 610 g/mol. The van der Waals surface area contributed by atoms with E-state index in [2.05, 4.69) is 39.0 Å². The molecule has 8 heteroatoms. The van der Waals surface area contributed by atoms with Gasteiger partial charge >= 0.3 is 17.9 Å². The van der Waals surface area contributed by atoms with E-state index in [0.717, 1.165) is 70.0 Å². The largest absolute Gasteiger partial charge is 0.478 e. The molecule has 1 atom stereocenters. The molecule has 1 unspecified atom stereocenters. The van der Waals surface area contributed by atoms with Gasteiger partial charge in [-0.3, -0.25) is 9.59 Å². The van der Waals surface area contributed by atoms with Crippen LogP contribution < -0.4 is 9.47 Å². The number of carbonyl (C=O) groups excluding carboxylic acids is 2. The first kappa shape index (κ1) is 36.7. The molecule has 1 heterocycles. The quantitative estimate of drug-likeness (QED) is 0.106. The summed E-state index contributed by atoms with van der Waals surface area (Å²) in [6.07, 6.45) is 17.9. The molecule has 44 heavy (non-hydrogen) atoms. The second kappa shape index (κ2) is 19.7. The molecular formula is C36H50O8. The smallest absolute Gasteiger partial charge is 0.335 e. The number of hydrogen-bond donors (Lipinski definition) is 1. The van der Waals surface area contributed by atoms with Gasteiger partial charge in [0.2, 0.25) is 0 Å². The Hall–Kier alpha value is -3.49. The third kappa shape index (κ3) is 14.8. The standard InChI is InChI=1S/C36H50O8/c1-25(2)12-9-16-30(24-42-34-18-7-8-21-41-34)17-11-15-26(3)13-10-14-27(4)19-20-31-22-32(36(39)40)23-33(43-28(5)37)35(31)44-29(6)38/h12-13,17,19,22-23,34H,7-11,14-16,18,20-21,24H2,1-6H3,(H,39,40)/b26-13+,27-19+,30-17+. The van der Waals surface area contributed by atoms with Crippen LogP contribution in [0.5, 0.6) is 11.5 Å². The Morgan fingerprint density at radius 3 is 2.11 bits per heavy atom. The van der Waals surface area contributed by atoms with E-state index >= 15 is 0 Å². The molecule has 1 aromatic carbocycles. The maximum absolute atomic E-state index is 11.7. The van der Waals surface area contributed by atoms with Crippen LogP contribution in [0, 0.1) is 0 Å². The number of aromatic carboxylic acids is 1. The average molecular weight is 611 g/mol. The summed E-state index contributed by atoms with van der Waals surface area (Å²) in [7, 11) is 0. The molecule has 0 amide bonds. The molecule has 1 N–H and O–H groups in total. The van der Waals surface area contributed by atoms with Crippen molar-refractivity contribution in [3.63, 3.8) is 0 Å². The van der Waals surface area contributed by atoms with Crippen LogP contribution in [0.3, 0.4) is 0 Å². The van der Waals surface area contributed by atoms with Gasteiger partial charge in [0, 0.05) is 26.0 Å². The molecule has 242 valence electrons.